The van der Waals surface area contributed by atoms with Gasteiger partial charge < -0.3 is 0 Å². The van der Waals surface area contributed by atoms with E-state index in [1.807, 2.05) is 0 Å². The lowest BCUT2D eigenvalue weighted by Gasteiger charge is -2.01. The summed E-state index contributed by atoms with van der Waals surface area (Å²) >= 11 is 7.08. The highest BCUT2D eigenvalue weighted by Gasteiger charge is 2.23. The average molecular weight is 312 g/mol. The van der Waals surface area contributed by atoms with Crippen molar-refractivity contribution in [2.24, 2.45) is 0 Å². The van der Waals surface area contributed by atoms with Crippen LogP contribution < -0.4 is 0 Å². The molecule has 0 saturated carbocycles. The van der Waals surface area contributed by atoms with E-state index in [0.717, 1.165) is 6.42 Å². The second-order valence-electron chi connectivity index (χ2n) is 2.28. The summed E-state index contributed by atoms with van der Waals surface area (Å²) in [5.41, 5.74) is 0. The van der Waals surface area contributed by atoms with Gasteiger partial charge in [0.15, 0.2) is 0 Å². The molecule has 0 spiro atoms. The van der Waals surface area contributed by atoms with Crippen LogP contribution in [0.2, 0.25) is 0 Å². The molecule has 0 nitrogen and oxygen atoms in total. The molecule has 0 atom stereocenters. The van der Waals surface area contributed by atoms with Gasteiger partial charge in [0, 0.05) is 12.0 Å². The maximum Gasteiger partial charge on any atom is 0.410 e. The van der Waals surface area contributed by atoms with Gasteiger partial charge in [-0.3, -0.25) is 0 Å². The number of hydrogen-bond acceptors (Lipinski definition) is 0. The van der Waals surface area contributed by atoms with E-state index >= 15 is 0 Å². The van der Waals surface area contributed by atoms with E-state index < -0.39 is 6.18 Å². The van der Waals surface area contributed by atoms with Crippen molar-refractivity contribution in [2.75, 3.05) is 5.88 Å². The number of hydrogen-bond donors (Lipinski definition) is 0. The molecular weight excluding hydrogens is 303 g/mol. The lowest BCUT2D eigenvalue weighted by atomic mass is 10.2. The third-order valence-electron chi connectivity index (χ3n) is 1.12. The standard InChI is InChI=1S/C7H9ClF3I/c8-4-2-1-3-6(12)5-7(9,10)11/h5H,1-4H2/b6-5+. The molecule has 0 aliphatic heterocycles. The molecule has 0 heterocycles. The van der Waals surface area contributed by atoms with E-state index in [1.54, 1.807) is 22.6 Å². The third kappa shape index (κ3) is 8.64. The summed E-state index contributed by atoms with van der Waals surface area (Å²) in [5, 5.41) is 0. The molecule has 0 radical (unpaired) electrons. The predicted molar refractivity (Wildman–Crippen MR) is 52.7 cm³/mol. The van der Waals surface area contributed by atoms with Gasteiger partial charge in [-0.25, -0.2) is 0 Å². The van der Waals surface area contributed by atoms with Crippen molar-refractivity contribution in [3.05, 3.63) is 9.66 Å². The van der Waals surface area contributed by atoms with Crippen LogP contribution in [0.25, 0.3) is 0 Å². The van der Waals surface area contributed by atoms with Crippen molar-refractivity contribution in [1.82, 2.24) is 0 Å². The maximum atomic E-state index is 11.7. The third-order valence-corrected chi connectivity index (χ3v) is 2.24. The number of halogens is 5. The summed E-state index contributed by atoms with van der Waals surface area (Å²) in [4.78, 5) is 0. The van der Waals surface area contributed by atoms with Gasteiger partial charge >= 0.3 is 6.18 Å². The molecule has 12 heavy (non-hydrogen) atoms. The van der Waals surface area contributed by atoms with Gasteiger partial charge in [-0.1, -0.05) is 0 Å². The predicted octanol–water partition coefficient (Wildman–Crippen LogP) is 4.28. The van der Waals surface area contributed by atoms with Gasteiger partial charge in [0.25, 0.3) is 0 Å². The Balaban J connectivity index is 3.71. The molecule has 0 amide bonds. The summed E-state index contributed by atoms with van der Waals surface area (Å²) in [6, 6.07) is 0. The van der Waals surface area contributed by atoms with Crippen LogP contribution in [-0.4, -0.2) is 12.1 Å². The summed E-state index contributed by atoms with van der Waals surface area (Å²) in [7, 11) is 0. The fourth-order valence-corrected chi connectivity index (χ4v) is 1.56. The molecule has 5 heteroatoms. The monoisotopic (exact) mass is 312 g/mol. The minimum absolute atomic E-state index is 0.335. The van der Waals surface area contributed by atoms with E-state index in [-0.39, 0.29) is 0 Å². The van der Waals surface area contributed by atoms with Crippen molar-refractivity contribution < 1.29 is 13.2 Å². The van der Waals surface area contributed by atoms with Crippen LogP contribution in [0.15, 0.2) is 9.66 Å². The fraction of sp³-hybridized carbons (Fsp3) is 0.714. The zero-order chi connectivity index (χ0) is 9.61. The normalized spacial score (nSPS) is 13.6. The van der Waals surface area contributed by atoms with Gasteiger partial charge in [0.2, 0.25) is 0 Å². The first-order valence-electron chi connectivity index (χ1n) is 3.45. The molecule has 0 aromatic rings. The second-order valence-corrected chi connectivity index (χ2v) is 4.04. The molecule has 0 saturated heterocycles. The van der Waals surface area contributed by atoms with Crippen LogP contribution in [0.3, 0.4) is 0 Å². The second kappa shape index (κ2) is 6.07. The summed E-state index contributed by atoms with van der Waals surface area (Å²) < 4.78 is 35.5. The summed E-state index contributed by atoms with van der Waals surface area (Å²) in [6.45, 7) is 0. The van der Waals surface area contributed by atoms with Gasteiger partial charge in [-0.05, 0) is 45.4 Å². The van der Waals surface area contributed by atoms with Gasteiger partial charge in [-0.15, -0.1) is 11.6 Å². The number of unbranched alkanes of at least 4 members (excludes halogenated alkanes) is 1. The Kier molecular flexibility index (Phi) is 6.35. The molecule has 0 N–H and O–H groups in total. The zero-order valence-electron chi connectivity index (χ0n) is 6.30. The van der Waals surface area contributed by atoms with E-state index in [9.17, 15) is 13.2 Å². The number of alkyl halides is 4. The quantitative estimate of drug-likeness (QED) is 0.413. The van der Waals surface area contributed by atoms with E-state index in [1.165, 1.54) is 0 Å². The van der Waals surface area contributed by atoms with Crippen molar-refractivity contribution in [2.45, 2.75) is 25.4 Å². The molecule has 72 valence electrons. The van der Waals surface area contributed by atoms with Crippen LogP contribution in [0, 0.1) is 0 Å². The molecule has 0 aromatic carbocycles. The smallest absolute Gasteiger partial charge is 0.167 e. The first-order chi connectivity index (χ1) is 5.45. The van der Waals surface area contributed by atoms with E-state index in [0.29, 0.717) is 28.4 Å². The van der Waals surface area contributed by atoms with Crippen LogP contribution in [0.5, 0.6) is 0 Å². The molecule has 0 fully saturated rings. The topological polar surface area (TPSA) is 0 Å². The Hall–Kier alpha value is 0.550. The van der Waals surface area contributed by atoms with Crippen molar-refractivity contribution in [3.63, 3.8) is 0 Å². The molecule has 0 aliphatic carbocycles. The Morgan fingerprint density at radius 1 is 1.33 bits per heavy atom. The van der Waals surface area contributed by atoms with Crippen LogP contribution >= 0.6 is 34.2 Å². The Morgan fingerprint density at radius 2 is 1.92 bits per heavy atom. The van der Waals surface area contributed by atoms with Crippen LogP contribution in [0.4, 0.5) is 13.2 Å². The van der Waals surface area contributed by atoms with Crippen molar-refractivity contribution in [1.29, 1.82) is 0 Å². The summed E-state index contributed by atoms with van der Waals surface area (Å²) in [5.74, 6) is 0.510. The van der Waals surface area contributed by atoms with Crippen molar-refractivity contribution >= 4 is 34.2 Å². The molecule has 0 bridgehead atoms. The molecule has 0 aliphatic rings. The largest absolute Gasteiger partial charge is 0.410 e. The highest BCUT2D eigenvalue weighted by atomic mass is 127. The SMILES string of the molecule is FC(F)(F)/C=C(/I)CCCCCl. The van der Waals surface area contributed by atoms with E-state index in [4.69, 9.17) is 11.6 Å². The average Bonchev–Trinajstić information content (AvgIpc) is 1.84. The van der Waals surface area contributed by atoms with Gasteiger partial charge in [0.1, 0.15) is 0 Å². The summed E-state index contributed by atoms with van der Waals surface area (Å²) in [6.07, 6.45) is -1.90. The fourth-order valence-electron chi connectivity index (χ4n) is 0.638. The molecular formula is C7H9ClF3I. The number of rotatable bonds is 4. The minimum Gasteiger partial charge on any atom is -0.167 e. The highest BCUT2D eigenvalue weighted by molar-refractivity contribution is 14.1. The van der Waals surface area contributed by atoms with Crippen LogP contribution in [-0.2, 0) is 0 Å². The Labute approximate surface area is 88.3 Å². The minimum atomic E-state index is -4.18. The first kappa shape index (κ1) is 12.6. The lowest BCUT2D eigenvalue weighted by molar-refractivity contribution is -0.0801. The van der Waals surface area contributed by atoms with Crippen molar-refractivity contribution in [3.8, 4) is 0 Å². The molecule has 0 aromatic heterocycles. The highest BCUT2D eigenvalue weighted by Crippen LogP contribution is 2.24. The van der Waals surface area contributed by atoms with Crippen LogP contribution in [0.1, 0.15) is 19.3 Å². The first-order valence-corrected chi connectivity index (χ1v) is 5.07. The lowest BCUT2D eigenvalue weighted by Crippen LogP contribution is -2.01. The van der Waals surface area contributed by atoms with E-state index in [2.05, 4.69) is 0 Å². The van der Waals surface area contributed by atoms with Gasteiger partial charge in [0.05, 0.1) is 0 Å². The van der Waals surface area contributed by atoms with Gasteiger partial charge in [-0.2, -0.15) is 13.2 Å². The Bertz CT molecular complexity index is 153. The molecule has 0 unspecified atom stereocenters. The Morgan fingerprint density at radius 3 is 2.33 bits per heavy atom. The maximum absolute atomic E-state index is 11.7. The zero-order valence-corrected chi connectivity index (χ0v) is 9.21. The number of allylic oxidation sites excluding steroid dienone is 2. The molecule has 0 rings (SSSR count).